The monoisotopic (exact) mass is 266 g/mol. The SMILES string of the molecule is CCc1cc(CC(N)C(C)(C)N(CC)CC)n(C)n1. The molecule has 0 radical (unpaired) electrons. The van der Waals surface area contributed by atoms with Crippen LogP contribution in [0.2, 0.25) is 0 Å². The largest absolute Gasteiger partial charge is 0.326 e. The molecule has 0 saturated carbocycles. The first-order valence-electron chi connectivity index (χ1n) is 7.39. The van der Waals surface area contributed by atoms with Gasteiger partial charge in [-0.05, 0) is 39.4 Å². The van der Waals surface area contributed by atoms with Crippen LogP contribution in [0.15, 0.2) is 6.07 Å². The highest BCUT2D eigenvalue weighted by atomic mass is 15.3. The number of nitrogens with two attached hydrogens (primary N) is 1. The maximum Gasteiger partial charge on any atom is 0.0624 e. The topological polar surface area (TPSA) is 47.1 Å². The van der Waals surface area contributed by atoms with Crippen LogP contribution < -0.4 is 5.73 Å². The molecule has 1 rings (SSSR count). The molecule has 110 valence electrons. The highest BCUT2D eigenvalue weighted by Crippen LogP contribution is 2.20. The zero-order chi connectivity index (χ0) is 14.6. The van der Waals surface area contributed by atoms with E-state index >= 15 is 0 Å². The minimum atomic E-state index is 0.000147. The second-order valence-electron chi connectivity index (χ2n) is 5.74. The molecule has 0 spiro atoms. The fraction of sp³-hybridized carbons (Fsp3) is 0.800. The Balaban J connectivity index is 2.82. The highest BCUT2D eigenvalue weighted by Gasteiger charge is 2.32. The number of hydrogen-bond acceptors (Lipinski definition) is 3. The van der Waals surface area contributed by atoms with E-state index in [9.17, 15) is 0 Å². The lowest BCUT2D eigenvalue weighted by atomic mass is 9.89. The molecular weight excluding hydrogens is 236 g/mol. The molecule has 0 saturated heterocycles. The third kappa shape index (κ3) is 3.57. The first-order valence-corrected chi connectivity index (χ1v) is 7.39. The van der Waals surface area contributed by atoms with Crippen LogP contribution >= 0.6 is 0 Å². The summed E-state index contributed by atoms with van der Waals surface area (Å²) in [6.45, 7) is 13.1. The Morgan fingerprint density at radius 2 is 1.89 bits per heavy atom. The van der Waals surface area contributed by atoms with Crippen molar-refractivity contribution in [2.24, 2.45) is 12.8 Å². The quantitative estimate of drug-likeness (QED) is 0.821. The Morgan fingerprint density at radius 1 is 1.32 bits per heavy atom. The van der Waals surface area contributed by atoms with E-state index in [-0.39, 0.29) is 11.6 Å². The standard InChI is InChI=1S/C15H30N4/c1-7-12-10-13(18(6)17-12)11-14(16)15(4,5)19(8-2)9-3/h10,14H,7-9,11,16H2,1-6H3. The van der Waals surface area contributed by atoms with E-state index < -0.39 is 0 Å². The number of aromatic nitrogens is 2. The molecule has 1 aromatic heterocycles. The van der Waals surface area contributed by atoms with Crippen LogP contribution in [0, 0.1) is 0 Å². The van der Waals surface area contributed by atoms with Crippen LogP contribution in [0.25, 0.3) is 0 Å². The van der Waals surface area contributed by atoms with E-state index in [1.807, 2.05) is 11.7 Å². The normalized spacial score (nSPS) is 14.1. The number of nitrogens with zero attached hydrogens (tertiary/aromatic N) is 3. The molecule has 0 aliphatic rings. The first kappa shape index (κ1) is 16.2. The Hall–Kier alpha value is -0.870. The summed E-state index contributed by atoms with van der Waals surface area (Å²) in [7, 11) is 2.01. The van der Waals surface area contributed by atoms with Crippen molar-refractivity contribution in [3.8, 4) is 0 Å². The van der Waals surface area contributed by atoms with Gasteiger partial charge in [0.15, 0.2) is 0 Å². The van der Waals surface area contributed by atoms with Gasteiger partial charge in [0, 0.05) is 30.7 Å². The fourth-order valence-electron chi connectivity index (χ4n) is 2.68. The molecule has 19 heavy (non-hydrogen) atoms. The zero-order valence-electron chi connectivity index (χ0n) is 13.4. The van der Waals surface area contributed by atoms with Gasteiger partial charge in [0.1, 0.15) is 0 Å². The molecule has 2 N–H and O–H groups in total. The summed E-state index contributed by atoms with van der Waals surface area (Å²) in [6.07, 6.45) is 1.84. The van der Waals surface area contributed by atoms with Crippen molar-refractivity contribution in [1.82, 2.24) is 14.7 Å². The van der Waals surface area contributed by atoms with Crippen molar-refractivity contribution in [3.63, 3.8) is 0 Å². The Labute approximate surface area is 118 Å². The molecule has 4 nitrogen and oxygen atoms in total. The molecule has 4 heteroatoms. The molecule has 0 aromatic carbocycles. The molecule has 0 fully saturated rings. The third-order valence-electron chi connectivity index (χ3n) is 4.30. The summed E-state index contributed by atoms with van der Waals surface area (Å²) in [5, 5.41) is 4.50. The summed E-state index contributed by atoms with van der Waals surface area (Å²) in [5.41, 5.74) is 8.84. The van der Waals surface area contributed by atoms with Crippen molar-refractivity contribution in [1.29, 1.82) is 0 Å². The first-order chi connectivity index (χ1) is 8.86. The van der Waals surface area contributed by atoms with Crippen LogP contribution in [-0.4, -0.2) is 39.4 Å². The van der Waals surface area contributed by atoms with Gasteiger partial charge in [0.25, 0.3) is 0 Å². The predicted molar refractivity (Wildman–Crippen MR) is 81.3 cm³/mol. The van der Waals surface area contributed by atoms with E-state index in [0.717, 1.165) is 31.6 Å². The van der Waals surface area contributed by atoms with Gasteiger partial charge in [-0.15, -0.1) is 0 Å². The molecule has 1 heterocycles. The fourth-order valence-corrected chi connectivity index (χ4v) is 2.68. The van der Waals surface area contributed by atoms with Gasteiger partial charge in [0.05, 0.1) is 5.69 Å². The molecule has 1 aromatic rings. The van der Waals surface area contributed by atoms with Crippen molar-refractivity contribution in [2.75, 3.05) is 13.1 Å². The van der Waals surface area contributed by atoms with Crippen LogP contribution in [-0.2, 0) is 19.9 Å². The lowest BCUT2D eigenvalue weighted by molar-refractivity contribution is 0.106. The summed E-state index contributed by atoms with van der Waals surface area (Å²) in [4.78, 5) is 2.43. The Kier molecular flexibility index (Phi) is 5.56. The van der Waals surface area contributed by atoms with Gasteiger partial charge in [-0.1, -0.05) is 20.8 Å². The van der Waals surface area contributed by atoms with E-state index in [2.05, 4.69) is 50.7 Å². The van der Waals surface area contributed by atoms with E-state index in [1.165, 1.54) is 5.69 Å². The van der Waals surface area contributed by atoms with Gasteiger partial charge in [0.2, 0.25) is 0 Å². The smallest absolute Gasteiger partial charge is 0.0624 e. The highest BCUT2D eigenvalue weighted by molar-refractivity contribution is 5.13. The second kappa shape index (κ2) is 6.53. The summed E-state index contributed by atoms with van der Waals surface area (Å²) in [5.74, 6) is 0. The van der Waals surface area contributed by atoms with Gasteiger partial charge >= 0.3 is 0 Å². The average molecular weight is 266 g/mol. The van der Waals surface area contributed by atoms with E-state index in [0.29, 0.717) is 0 Å². The summed E-state index contributed by atoms with van der Waals surface area (Å²) in [6, 6.07) is 2.28. The predicted octanol–water partition coefficient (Wildman–Crippen LogP) is 1.97. The average Bonchev–Trinajstić information content (AvgIpc) is 2.71. The minimum absolute atomic E-state index is 0.000147. The van der Waals surface area contributed by atoms with E-state index in [1.54, 1.807) is 0 Å². The van der Waals surface area contributed by atoms with Crippen molar-refractivity contribution in [3.05, 3.63) is 17.5 Å². The number of likely N-dealkylation sites (N-methyl/N-ethyl adjacent to an activating group) is 1. The maximum absolute atomic E-state index is 6.47. The molecular formula is C15H30N4. The number of hydrogen-bond donors (Lipinski definition) is 1. The minimum Gasteiger partial charge on any atom is -0.326 e. The Morgan fingerprint density at radius 3 is 2.32 bits per heavy atom. The molecule has 0 aliphatic heterocycles. The van der Waals surface area contributed by atoms with Crippen LogP contribution in [0.3, 0.4) is 0 Å². The third-order valence-corrected chi connectivity index (χ3v) is 4.30. The van der Waals surface area contributed by atoms with E-state index in [4.69, 9.17) is 5.73 Å². The Bertz CT molecular complexity index is 391. The summed E-state index contributed by atoms with van der Waals surface area (Å²) >= 11 is 0. The maximum atomic E-state index is 6.47. The number of aryl methyl sites for hydroxylation is 2. The zero-order valence-corrected chi connectivity index (χ0v) is 13.4. The summed E-state index contributed by atoms with van der Waals surface area (Å²) < 4.78 is 1.97. The van der Waals surface area contributed by atoms with Gasteiger partial charge in [-0.25, -0.2) is 0 Å². The molecule has 1 atom stereocenters. The van der Waals surface area contributed by atoms with Gasteiger partial charge in [-0.3, -0.25) is 9.58 Å². The lowest BCUT2D eigenvalue weighted by Crippen LogP contribution is -2.57. The van der Waals surface area contributed by atoms with Gasteiger partial charge < -0.3 is 5.73 Å². The second-order valence-corrected chi connectivity index (χ2v) is 5.74. The van der Waals surface area contributed by atoms with Crippen LogP contribution in [0.5, 0.6) is 0 Å². The van der Waals surface area contributed by atoms with Crippen molar-refractivity contribution in [2.45, 2.75) is 59.0 Å². The van der Waals surface area contributed by atoms with Crippen molar-refractivity contribution >= 4 is 0 Å². The van der Waals surface area contributed by atoms with Crippen LogP contribution in [0.4, 0.5) is 0 Å². The molecule has 1 unspecified atom stereocenters. The van der Waals surface area contributed by atoms with Crippen molar-refractivity contribution < 1.29 is 0 Å². The lowest BCUT2D eigenvalue weighted by Gasteiger charge is -2.41. The van der Waals surface area contributed by atoms with Crippen LogP contribution in [0.1, 0.15) is 46.0 Å². The molecule has 0 aliphatic carbocycles. The van der Waals surface area contributed by atoms with Gasteiger partial charge in [-0.2, -0.15) is 5.10 Å². The molecule has 0 bridgehead atoms. The molecule has 0 amide bonds. The number of rotatable bonds is 7.